The fraction of sp³-hybridized carbons (Fsp3) is 0.394. The molecule has 0 saturated heterocycles. The predicted octanol–water partition coefficient (Wildman–Crippen LogP) is 6.22. The van der Waals surface area contributed by atoms with Gasteiger partial charge < -0.3 is 19.7 Å². The molecule has 1 N–H and O–H groups in total. The van der Waals surface area contributed by atoms with E-state index in [4.69, 9.17) is 32.7 Å². The molecule has 1 fully saturated rings. The van der Waals surface area contributed by atoms with Gasteiger partial charge in [0.05, 0.1) is 20.6 Å². The van der Waals surface area contributed by atoms with Gasteiger partial charge in [0.25, 0.3) is 10.0 Å². The van der Waals surface area contributed by atoms with Gasteiger partial charge in [-0.3, -0.25) is 13.9 Å². The number of rotatable bonds is 11. The lowest BCUT2D eigenvalue weighted by atomic mass is 9.95. The van der Waals surface area contributed by atoms with Crippen molar-refractivity contribution in [2.45, 2.75) is 69.0 Å². The number of benzene rings is 3. The molecule has 0 spiro atoms. The van der Waals surface area contributed by atoms with Crippen molar-refractivity contribution in [2.24, 2.45) is 0 Å². The summed E-state index contributed by atoms with van der Waals surface area (Å²) >= 11 is 12.5. The molecule has 240 valence electrons. The number of fused-ring (bicyclic) bond motifs is 1. The number of carbonyl (C=O) groups excluding carboxylic acids is 2. The van der Waals surface area contributed by atoms with Crippen molar-refractivity contribution < 1.29 is 27.5 Å². The van der Waals surface area contributed by atoms with Crippen molar-refractivity contribution in [3.8, 4) is 11.5 Å². The molecule has 0 radical (unpaired) electrons. The Kier molecular flexibility index (Phi) is 10.8. The van der Waals surface area contributed by atoms with Gasteiger partial charge in [-0.05, 0) is 61.2 Å². The number of hydrogen-bond donors (Lipinski definition) is 1. The topological polar surface area (TPSA) is 105 Å². The molecule has 3 aromatic carbocycles. The molecule has 1 aliphatic carbocycles. The quantitative estimate of drug-likeness (QED) is 0.259. The minimum Gasteiger partial charge on any atom is -0.486 e. The lowest BCUT2D eigenvalue weighted by molar-refractivity contribution is -0.140. The maximum atomic E-state index is 14.4. The summed E-state index contributed by atoms with van der Waals surface area (Å²) in [5.41, 5.74) is 0.879. The summed E-state index contributed by atoms with van der Waals surface area (Å²) in [7, 11) is -4.22. The van der Waals surface area contributed by atoms with Crippen LogP contribution in [0.3, 0.4) is 0 Å². The van der Waals surface area contributed by atoms with Crippen LogP contribution in [0.15, 0.2) is 71.6 Å². The number of amides is 2. The monoisotopic (exact) mass is 673 g/mol. The van der Waals surface area contributed by atoms with Gasteiger partial charge in [0.2, 0.25) is 11.8 Å². The smallest absolute Gasteiger partial charge is 0.264 e. The van der Waals surface area contributed by atoms with Crippen molar-refractivity contribution in [2.75, 3.05) is 24.1 Å². The maximum absolute atomic E-state index is 14.4. The van der Waals surface area contributed by atoms with Crippen molar-refractivity contribution in [1.82, 2.24) is 10.2 Å². The minimum absolute atomic E-state index is 0.0193. The van der Waals surface area contributed by atoms with Crippen LogP contribution in [0.2, 0.25) is 10.0 Å². The Bertz CT molecular complexity index is 1620. The molecule has 0 unspecified atom stereocenters. The highest BCUT2D eigenvalue weighted by atomic mass is 35.5. The van der Waals surface area contributed by atoms with E-state index >= 15 is 0 Å². The number of nitrogens with one attached hydrogen (secondary N) is 1. The molecule has 1 atom stereocenters. The molecule has 0 aromatic heterocycles. The van der Waals surface area contributed by atoms with Gasteiger partial charge in [-0.25, -0.2) is 8.42 Å². The van der Waals surface area contributed by atoms with E-state index in [9.17, 15) is 18.0 Å². The maximum Gasteiger partial charge on any atom is 0.264 e. The van der Waals surface area contributed by atoms with E-state index in [0.717, 1.165) is 36.4 Å². The zero-order valence-corrected chi connectivity index (χ0v) is 27.4. The molecule has 45 heavy (non-hydrogen) atoms. The Morgan fingerprint density at radius 1 is 0.911 bits per heavy atom. The van der Waals surface area contributed by atoms with Gasteiger partial charge in [-0.1, -0.05) is 73.7 Å². The van der Waals surface area contributed by atoms with Gasteiger partial charge in [-0.15, -0.1) is 0 Å². The van der Waals surface area contributed by atoms with Crippen LogP contribution in [0, 0.1) is 0 Å². The highest BCUT2D eigenvalue weighted by molar-refractivity contribution is 7.92. The van der Waals surface area contributed by atoms with Gasteiger partial charge >= 0.3 is 0 Å². The van der Waals surface area contributed by atoms with Crippen molar-refractivity contribution in [1.29, 1.82) is 0 Å². The third-order valence-corrected chi connectivity index (χ3v) is 10.6. The number of halogens is 2. The van der Waals surface area contributed by atoms with Crippen molar-refractivity contribution in [3.63, 3.8) is 0 Å². The fourth-order valence-corrected chi connectivity index (χ4v) is 7.48. The van der Waals surface area contributed by atoms with E-state index in [1.165, 1.54) is 17.0 Å². The zero-order chi connectivity index (χ0) is 32.0. The van der Waals surface area contributed by atoms with Gasteiger partial charge in [0.1, 0.15) is 25.8 Å². The molecule has 5 rings (SSSR count). The summed E-state index contributed by atoms with van der Waals surface area (Å²) in [5, 5.41) is 3.82. The molecule has 1 saturated carbocycles. The van der Waals surface area contributed by atoms with Crippen LogP contribution in [-0.2, 0) is 26.2 Å². The first-order valence-electron chi connectivity index (χ1n) is 15.2. The van der Waals surface area contributed by atoms with E-state index < -0.39 is 28.5 Å². The number of nitrogens with zero attached hydrogens (tertiary/aromatic N) is 2. The van der Waals surface area contributed by atoms with Gasteiger partial charge in [0.15, 0.2) is 11.5 Å². The molecule has 2 aliphatic rings. The largest absolute Gasteiger partial charge is 0.486 e. The van der Waals surface area contributed by atoms with Crippen molar-refractivity contribution >= 4 is 50.7 Å². The fourth-order valence-electron chi connectivity index (χ4n) is 5.73. The Morgan fingerprint density at radius 2 is 1.62 bits per heavy atom. The lowest BCUT2D eigenvalue weighted by Gasteiger charge is -2.34. The minimum atomic E-state index is -4.22. The standard InChI is InChI=1S/C33H37Cl2N3O6S/c1-2-29(33(40)36-24-9-5-3-6-10-24)37(21-23-13-15-27(34)28(35)19-23)32(39)22-38(45(41,42)26-11-7-4-8-12-26)25-14-16-30-31(20-25)44-18-17-43-30/h4,7-8,11-16,19-20,24,29H,2-3,5-6,9-10,17-18,21-22H2,1H3,(H,36,40)/t29-/m1/s1. The Morgan fingerprint density at radius 3 is 2.31 bits per heavy atom. The molecule has 3 aromatic rings. The second-order valence-electron chi connectivity index (χ2n) is 11.2. The number of anilines is 1. The van der Waals surface area contributed by atoms with Crippen molar-refractivity contribution in [3.05, 3.63) is 82.3 Å². The van der Waals surface area contributed by atoms with Gasteiger partial charge in [0, 0.05) is 18.7 Å². The molecule has 1 aliphatic heterocycles. The Hall–Kier alpha value is -3.47. The summed E-state index contributed by atoms with van der Waals surface area (Å²) in [6, 6.07) is 16.9. The second kappa shape index (κ2) is 14.7. The first-order valence-corrected chi connectivity index (χ1v) is 17.4. The summed E-state index contributed by atoms with van der Waals surface area (Å²) in [6.07, 6.45) is 5.30. The molecule has 1 heterocycles. The number of carbonyl (C=O) groups is 2. The number of ether oxygens (including phenoxy) is 2. The SMILES string of the molecule is CC[C@H](C(=O)NC1CCCCC1)N(Cc1ccc(Cl)c(Cl)c1)C(=O)CN(c1ccc2c(c1)OCCO2)S(=O)(=O)c1ccccc1. The third-order valence-electron chi connectivity index (χ3n) is 8.10. The predicted molar refractivity (Wildman–Crippen MR) is 175 cm³/mol. The molecule has 12 heteroatoms. The zero-order valence-electron chi connectivity index (χ0n) is 25.1. The van der Waals surface area contributed by atoms with E-state index in [2.05, 4.69) is 5.32 Å². The van der Waals surface area contributed by atoms with Crippen LogP contribution in [-0.4, -0.2) is 57.0 Å². The highest BCUT2D eigenvalue weighted by Crippen LogP contribution is 2.36. The average Bonchev–Trinajstić information content (AvgIpc) is 3.05. The van der Waals surface area contributed by atoms with E-state index in [1.807, 2.05) is 6.92 Å². The number of hydrogen-bond acceptors (Lipinski definition) is 6. The molecule has 9 nitrogen and oxygen atoms in total. The van der Waals surface area contributed by atoms with E-state index in [-0.39, 0.29) is 29.1 Å². The average molecular weight is 675 g/mol. The molecule has 2 amide bonds. The molecular weight excluding hydrogens is 637 g/mol. The van der Waals surface area contributed by atoms with Crippen LogP contribution in [0.5, 0.6) is 11.5 Å². The van der Waals surface area contributed by atoms with Crippen LogP contribution in [0.4, 0.5) is 5.69 Å². The van der Waals surface area contributed by atoms with E-state index in [0.29, 0.717) is 46.7 Å². The Labute approximate surface area is 274 Å². The first kappa shape index (κ1) is 32.9. The van der Waals surface area contributed by atoms with Crippen LogP contribution >= 0.6 is 23.2 Å². The summed E-state index contributed by atoms with van der Waals surface area (Å²) in [6.45, 7) is 1.98. The van der Waals surface area contributed by atoms with Crippen LogP contribution in [0.25, 0.3) is 0 Å². The summed E-state index contributed by atoms with van der Waals surface area (Å²) < 4.78 is 40.6. The molecular formula is C33H37Cl2N3O6S. The molecule has 0 bridgehead atoms. The van der Waals surface area contributed by atoms with Crippen LogP contribution in [0.1, 0.15) is 51.0 Å². The second-order valence-corrected chi connectivity index (χ2v) is 13.9. The van der Waals surface area contributed by atoms with Gasteiger partial charge in [-0.2, -0.15) is 0 Å². The normalized spacial score (nSPS) is 15.6. The Balaban J connectivity index is 1.51. The summed E-state index contributed by atoms with van der Waals surface area (Å²) in [4.78, 5) is 29.5. The summed E-state index contributed by atoms with van der Waals surface area (Å²) in [5.74, 6) is 0.0428. The third kappa shape index (κ3) is 7.85. The first-order chi connectivity index (χ1) is 21.7. The van der Waals surface area contributed by atoms with E-state index in [1.54, 1.807) is 54.6 Å². The lowest BCUT2D eigenvalue weighted by Crippen LogP contribution is -2.54. The number of sulfonamides is 1. The highest BCUT2D eigenvalue weighted by Gasteiger charge is 2.35. The van der Waals surface area contributed by atoms with Crippen LogP contribution < -0.4 is 19.1 Å².